The lowest BCUT2D eigenvalue weighted by molar-refractivity contribution is -0.0454. The van der Waals surface area contributed by atoms with E-state index in [0.29, 0.717) is 0 Å². The Morgan fingerprint density at radius 1 is 1.33 bits per heavy atom. The van der Waals surface area contributed by atoms with Gasteiger partial charge in [-0.1, -0.05) is 0 Å². The van der Waals surface area contributed by atoms with Crippen molar-refractivity contribution in [3.8, 4) is 0 Å². The molecule has 0 saturated carbocycles. The number of hydrogen-bond donors (Lipinski definition) is 3. The van der Waals surface area contributed by atoms with Crippen LogP contribution in [0.25, 0.3) is 0 Å². The van der Waals surface area contributed by atoms with Gasteiger partial charge in [-0.3, -0.25) is 0 Å². The van der Waals surface area contributed by atoms with Gasteiger partial charge < -0.3 is 15.5 Å². The van der Waals surface area contributed by atoms with Gasteiger partial charge in [-0.15, -0.1) is 0 Å². The molecular weight excluding hydrogens is 125 g/mol. The maximum absolute atomic E-state index is 12.4. The fraction of sp³-hybridized carbons (Fsp3) is 1.00. The first-order chi connectivity index (χ1) is 4.22. The van der Waals surface area contributed by atoms with E-state index >= 15 is 0 Å². The molecular formula is C5H10FNO2. The van der Waals surface area contributed by atoms with E-state index in [1.165, 1.54) is 0 Å². The third-order valence-corrected chi connectivity index (χ3v) is 1.46. The lowest BCUT2D eigenvalue weighted by Gasteiger charge is -2.27. The normalized spacial score (nSPS) is 45.0. The number of halogens is 1. The van der Waals surface area contributed by atoms with Crippen LogP contribution in [-0.2, 0) is 0 Å². The average molecular weight is 135 g/mol. The van der Waals surface area contributed by atoms with Crippen molar-refractivity contribution in [1.82, 2.24) is 5.32 Å². The topological polar surface area (TPSA) is 52.5 Å². The van der Waals surface area contributed by atoms with Crippen molar-refractivity contribution in [2.45, 2.75) is 18.4 Å². The Bertz CT molecular complexity index is 91.0. The molecule has 0 bridgehead atoms. The molecule has 3 atom stereocenters. The van der Waals surface area contributed by atoms with Crippen LogP contribution < -0.4 is 5.32 Å². The Balaban J connectivity index is 2.41. The average Bonchev–Trinajstić information content (AvgIpc) is 1.83. The molecule has 3 N–H and O–H groups in total. The predicted molar refractivity (Wildman–Crippen MR) is 29.8 cm³/mol. The zero-order valence-electron chi connectivity index (χ0n) is 4.92. The predicted octanol–water partition coefficient (Wildman–Crippen LogP) is -1.35. The quantitative estimate of drug-likeness (QED) is 0.385. The number of alkyl halides is 1. The van der Waals surface area contributed by atoms with E-state index in [9.17, 15) is 4.39 Å². The summed E-state index contributed by atoms with van der Waals surface area (Å²) < 4.78 is 12.4. The monoisotopic (exact) mass is 135 g/mol. The molecule has 1 fully saturated rings. The second-order valence-corrected chi connectivity index (χ2v) is 2.23. The maximum Gasteiger partial charge on any atom is 0.141 e. The highest BCUT2D eigenvalue weighted by Gasteiger charge is 2.29. The Hall–Kier alpha value is -0.190. The van der Waals surface area contributed by atoms with E-state index < -0.39 is 18.4 Å². The molecule has 0 radical (unpaired) electrons. The number of β-amino-alcohol motifs (C(OH)–C–C–N with tert-alkyl or cyclic N) is 1. The molecule has 9 heavy (non-hydrogen) atoms. The molecule has 3 unspecified atom stereocenters. The summed E-state index contributed by atoms with van der Waals surface area (Å²) in [5.74, 6) is 0. The summed E-state index contributed by atoms with van der Waals surface area (Å²) in [6, 6.07) is 0. The first-order valence-corrected chi connectivity index (χ1v) is 2.92. The van der Waals surface area contributed by atoms with Gasteiger partial charge in [-0.05, 0) is 0 Å². The van der Waals surface area contributed by atoms with Crippen LogP contribution >= 0.6 is 0 Å². The Morgan fingerprint density at radius 3 is 2.44 bits per heavy atom. The fourth-order valence-electron chi connectivity index (χ4n) is 0.852. The summed E-state index contributed by atoms with van der Waals surface area (Å²) in [6.07, 6.45) is -3.48. The third kappa shape index (κ3) is 1.38. The molecule has 1 heterocycles. The van der Waals surface area contributed by atoms with Crippen LogP contribution in [0, 0.1) is 0 Å². The number of rotatable bonds is 0. The molecule has 54 valence electrons. The van der Waals surface area contributed by atoms with Crippen LogP contribution in [0.1, 0.15) is 0 Å². The second kappa shape index (κ2) is 2.60. The van der Waals surface area contributed by atoms with E-state index in [1.807, 2.05) is 0 Å². The summed E-state index contributed by atoms with van der Waals surface area (Å²) in [5, 5.41) is 20.2. The van der Waals surface area contributed by atoms with Crippen molar-refractivity contribution in [2.75, 3.05) is 13.1 Å². The van der Waals surface area contributed by atoms with Crippen LogP contribution in [0.2, 0.25) is 0 Å². The molecule has 0 spiro atoms. The zero-order chi connectivity index (χ0) is 6.85. The largest absolute Gasteiger partial charge is 0.389 e. The third-order valence-electron chi connectivity index (χ3n) is 1.46. The molecule has 1 aliphatic rings. The van der Waals surface area contributed by atoms with Crippen molar-refractivity contribution in [3.63, 3.8) is 0 Å². The van der Waals surface area contributed by atoms with Gasteiger partial charge in [0.25, 0.3) is 0 Å². The summed E-state index contributed by atoms with van der Waals surface area (Å²) >= 11 is 0. The lowest BCUT2D eigenvalue weighted by Crippen LogP contribution is -2.51. The van der Waals surface area contributed by atoms with Gasteiger partial charge in [0.1, 0.15) is 12.3 Å². The van der Waals surface area contributed by atoms with Gasteiger partial charge in [-0.2, -0.15) is 0 Å². The molecule has 4 heteroatoms. The molecule has 1 saturated heterocycles. The Morgan fingerprint density at radius 2 is 2.00 bits per heavy atom. The highest BCUT2D eigenvalue weighted by atomic mass is 19.1. The molecule has 1 rings (SSSR count). The van der Waals surface area contributed by atoms with E-state index in [2.05, 4.69) is 5.32 Å². The highest BCUT2D eigenvalue weighted by Crippen LogP contribution is 2.06. The summed E-state index contributed by atoms with van der Waals surface area (Å²) in [5.41, 5.74) is 0. The lowest BCUT2D eigenvalue weighted by atomic mass is 10.1. The van der Waals surface area contributed by atoms with Crippen molar-refractivity contribution in [3.05, 3.63) is 0 Å². The minimum atomic E-state index is -1.33. The van der Waals surface area contributed by atoms with Crippen LogP contribution in [-0.4, -0.2) is 41.7 Å². The summed E-state index contributed by atoms with van der Waals surface area (Å²) in [6.45, 7) is 0.416. The van der Waals surface area contributed by atoms with Crippen LogP contribution in [0.5, 0.6) is 0 Å². The van der Waals surface area contributed by atoms with E-state index in [4.69, 9.17) is 10.2 Å². The number of piperidine rings is 1. The molecule has 0 aromatic heterocycles. The summed E-state index contributed by atoms with van der Waals surface area (Å²) in [7, 11) is 0. The zero-order valence-corrected chi connectivity index (χ0v) is 4.92. The van der Waals surface area contributed by atoms with Gasteiger partial charge in [0.2, 0.25) is 0 Å². The smallest absolute Gasteiger partial charge is 0.141 e. The highest BCUT2D eigenvalue weighted by molar-refractivity contribution is 4.83. The molecule has 1 aliphatic heterocycles. The maximum atomic E-state index is 12.4. The van der Waals surface area contributed by atoms with E-state index in [1.54, 1.807) is 0 Å². The van der Waals surface area contributed by atoms with E-state index in [-0.39, 0.29) is 13.1 Å². The molecule has 3 nitrogen and oxygen atoms in total. The fourth-order valence-corrected chi connectivity index (χ4v) is 0.852. The van der Waals surface area contributed by atoms with Gasteiger partial charge >= 0.3 is 0 Å². The number of aliphatic hydroxyl groups is 2. The van der Waals surface area contributed by atoms with Crippen molar-refractivity contribution in [1.29, 1.82) is 0 Å². The van der Waals surface area contributed by atoms with Gasteiger partial charge in [0.15, 0.2) is 0 Å². The Labute approximate surface area is 52.5 Å². The molecule has 0 amide bonds. The SMILES string of the molecule is OC1CNCC(F)C1O. The second-order valence-electron chi connectivity index (χ2n) is 2.23. The van der Waals surface area contributed by atoms with Crippen LogP contribution in [0.15, 0.2) is 0 Å². The van der Waals surface area contributed by atoms with Crippen LogP contribution in [0.3, 0.4) is 0 Å². The Kier molecular flexibility index (Phi) is 2.00. The molecule has 0 aromatic carbocycles. The number of aliphatic hydroxyl groups excluding tert-OH is 2. The van der Waals surface area contributed by atoms with Crippen molar-refractivity contribution < 1.29 is 14.6 Å². The van der Waals surface area contributed by atoms with E-state index in [0.717, 1.165) is 0 Å². The minimum absolute atomic E-state index is 0.137. The number of hydrogen-bond acceptors (Lipinski definition) is 3. The number of nitrogens with one attached hydrogen (secondary N) is 1. The van der Waals surface area contributed by atoms with Gasteiger partial charge in [-0.25, -0.2) is 4.39 Å². The standard InChI is InChI=1S/C5H10FNO2/c6-3-1-7-2-4(8)5(3)9/h3-5,7-9H,1-2H2. The van der Waals surface area contributed by atoms with Gasteiger partial charge in [0.05, 0.1) is 6.10 Å². The van der Waals surface area contributed by atoms with Crippen LogP contribution in [0.4, 0.5) is 4.39 Å². The van der Waals surface area contributed by atoms with Gasteiger partial charge in [0, 0.05) is 13.1 Å². The first kappa shape index (κ1) is 6.92. The minimum Gasteiger partial charge on any atom is -0.389 e. The molecule has 0 aliphatic carbocycles. The first-order valence-electron chi connectivity index (χ1n) is 2.92. The summed E-state index contributed by atoms with van der Waals surface area (Å²) in [4.78, 5) is 0. The van der Waals surface area contributed by atoms with Crippen molar-refractivity contribution in [2.24, 2.45) is 0 Å². The van der Waals surface area contributed by atoms with Crippen molar-refractivity contribution >= 4 is 0 Å². The molecule has 0 aromatic rings.